The number of barbiturate groups is 1. The number of imide groups is 2. The number of hydrogen-bond acceptors (Lipinski definition) is 6. The number of benzene rings is 1. The summed E-state index contributed by atoms with van der Waals surface area (Å²) >= 11 is 0. The molecule has 1 N–H and O–H groups in total. The number of aromatic nitrogens is 2. The molecule has 0 aliphatic carbocycles. The van der Waals surface area contributed by atoms with Gasteiger partial charge in [-0.05, 0) is 49.8 Å². The molecule has 0 unspecified atom stereocenters. The SMILES string of the molecule is Cc1cc(/C=C2\C(=O)NC(=O)N(c3cccnc3)C2=O)c(C)n1-c1cccc([N+](=O)[O-])c1. The van der Waals surface area contributed by atoms with Gasteiger partial charge >= 0.3 is 6.03 Å². The van der Waals surface area contributed by atoms with Crippen molar-refractivity contribution >= 4 is 35.3 Å². The highest BCUT2D eigenvalue weighted by atomic mass is 16.6. The van der Waals surface area contributed by atoms with Crippen LogP contribution < -0.4 is 10.2 Å². The molecule has 4 amide bonds. The van der Waals surface area contributed by atoms with Gasteiger partial charge in [-0.25, -0.2) is 9.69 Å². The van der Waals surface area contributed by atoms with Crippen LogP contribution in [0.1, 0.15) is 17.0 Å². The maximum atomic E-state index is 13.0. The molecule has 1 aliphatic rings. The molecule has 32 heavy (non-hydrogen) atoms. The van der Waals surface area contributed by atoms with E-state index in [4.69, 9.17) is 0 Å². The van der Waals surface area contributed by atoms with E-state index in [0.717, 1.165) is 10.6 Å². The molecule has 1 aromatic carbocycles. The van der Waals surface area contributed by atoms with Crippen molar-refractivity contribution in [3.05, 3.63) is 87.5 Å². The fraction of sp³-hybridized carbons (Fsp3) is 0.0909. The van der Waals surface area contributed by atoms with Crippen molar-refractivity contribution in [2.24, 2.45) is 0 Å². The number of amides is 4. The molecule has 10 heteroatoms. The van der Waals surface area contributed by atoms with Gasteiger partial charge < -0.3 is 4.57 Å². The Labute approximate surface area is 181 Å². The third-order valence-electron chi connectivity index (χ3n) is 5.07. The zero-order chi connectivity index (χ0) is 23.0. The molecule has 1 saturated heterocycles. The van der Waals surface area contributed by atoms with E-state index < -0.39 is 22.8 Å². The van der Waals surface area contributed by atoms with Crippen LogP contribution >= 0.6 is 0 Å². The molecule has 1 fully saturated rings. The van der Waals surface area contributed by atoms with Crippen LogP contribution in [0.5, 0.6) is 0 Å². The van der Waals surface area contributed by atoms with E-state index in [-0.39, 0.29) is 16.9 Å². The Balaban J connectivity index is 1.77. The third kappa shape index (κ3) is 3.54. The Morgan fingerprint density at radius 2 is 1.81 bits per heavy atom. The monoisotopic (exact) mass is 431 g/mol. The highest BCUT2D eigenvalue weighted by molar-refractivity contribution is 6.39. The van der Waals surface area contributed by atoms with E-state index in [9.17, 15) is 24.5 Å². The van der Waals surface area contributed by atoms with Crippen LogP contribution in [0.2, 0.25) is 0 Å². The minimum absolute atomic E-state index is 0.0534. The number of nitro benzene ring substituents is 1. The van der Waals surface area contributed by atoms with Gasteiger partial charge in [0.25, 0.3) is 17.5 Å². The number of urea groups is 1. The number of non-ortho nitro benzene ring substituents is 1. The molecular weight excluding hydrogens is 414 g/mol. The Morgan fingerprint density at radius 3 is 2.50 bits per heavy atom. The minimum atomic E-state index is -0.854. The molecule has 0 radical (unpaired) electrons. The second kappa shape index (κ2) is 7.91. The van der Waals surface area contributed by atoms with Crippen molar-refractivity contribution in [3.8, 4) is 5.69 Å². The van der Waals surface area contributed by atoms with E-state index in [1.54, 1.807) is 35.8 Å². The fourth-order valence-corrected chi connectivity index (χ4v) is 3.61. The van der Waals surface area contributed by atoms with Gasteiger partial charge in [0.2, 0.25) is 0 Å². The Morgan fingerprint density at radius 1 is 1.06 bits per heavy atom. The number of aryl methyl sites for hydroxylation is 1. The zero-order valence-electron chi connectivity index (χ0n) is 17.1. The van der Waals surface area contributed by atoms with Gasteiger partial charge in [-0.15, -0.1) is 0 Å². The predicted octanol–water partition coefficient (Wildman–Crippen LogP) is 3.06. The lowest BCUT2D eigenvalue weighted by Gasteiger charge is -2.26. The number of nitro groups is 1. The summed E-state index contributed by atoms with van der Waals surface area (Å²) < 4.78 is 1.79. The first-order valence-electron chi connectivity index (χ1n) is 9.53. The molecule has 160 valence electrons. The van der Waals surface area contributed by atoms with Gasteiger partial charge in [0.1, 0.15) is 5.57 Å². The summed E-state index contributed by atoms with van der Waals surface area (Å²) in [4.78, 5) is 53.1. The molecule has 0 saturated carbocycles. The molecule has 0 spiro atoms. The van der Waals surface area contributed by atoms with Crippen molar-refractivity contribution in [2.45, 2.75) is 13.8 Å². The summed E-state index contributed by atoms with van der Waals surface area (Å²) in [5, 5.41) is 13.3. The van der Waals surface area contributed by atoms with E-state index >= 15 is 0 Å². The van der Waals surface area contributed by atoms with Crippen molar-refractivity contribution < 1.29 is 19.3 Å². The third-order valence-corrected chi connectivity index (χ3v) is 5.07. The van der Waals surface area contributed by atoms with Crippen molar-refractivity contribution in [1.29, 1.82) is 0 Å². The van der Waals surface area contributed by atoms with Crippen LogP contribution in [0.4, 0.5) is 16.2 Å². The molecule has 1 aliphatic heterocycles. The summed E-state index contributed by atoms with van der Waals surface area (Å²) in [5.74, 6) is -1.58. The lowest BCUT2D eigenvalue weighted by molar-refractivity contribution is -0.384. The maximum Gasteiger partial charge on any atom is 0.336 e. The lowest BCUT2D eigenvalue weighted by Crippen LogP contribution is -2.54. The maximum absolute atomic E-state index is 13.0. The predicted molar refractivity (Wildman–Crippen MR) is 115 cm³/mol. The van der Waals surface area contributed by atoms with Crippen LogP contribution in [0.15, 0.2) is 60.4 Å². The normalized spacial score (nSPS) is 15.2. The number of carbonyl (C=O) groups excluding carboxylic acids is 3. The molecule has 10 nitrogen and oxygen atoms in total. The second-order valence-electron chi connectivity index (χ2n) is 7.11. The quantitative estimate of drug-likeness (QED) is 0.293. The van der Waals surface area contributed by atoms with Gasteiger partial charge in [-0.2, -0.15) is 0 Å². The Bertz CT molecular complexity index is 1310. The smallest absolute Gasteiger partial charge is 0.318 e. The number of anilines is 1. The van der Waals surface area contributed by atoms with E-state index in [1.165, 1.54) is 36.7 Å². The summed E-state index contributed by atoms with van der Waals surface area (Å²) in [6, 6.07) is 10.2. The number of rotatable bonds is 4. The van der Waals surface area contributed by atoms with Gasteiger partial charge in [-0.3, -0.25) is 30.0 Å². The van der Waals surface area contributed by atoms with Crippen molar-refractivity contribution in [2.75, 3.05) is 4.90 Å². The lowest BCUT2D eigenvalue weighted by atomic mass is 10.1. The Kier molecular flexibility index (Phi) is 5.11. The highest BCUT2D eigenvalue weighted by Crippen LogP contribution is 2.27. The van der Waals surface area contributed by atoms with Crippen molar-refractivity contribution in [1.82, 2.24) is 14.9 Å². The zero-order valence-corrected chi connectivity index (χ0v) is 17.1. The van der Waals surface area contributed by atoms with Gasteiger partial charge in [0, 0.05) is 29.7 Å². The average Bonchev–Trinajstić information content (AvgIpc) is 3.04. The first-order chi connectivity index (χ1) is 15.3. The Hall–Kier alpha value is -4.60. The molecule has 3 heterocycles. The van der Waals surface area contributed by atoms with E-state index in [0.29, 0.717) is 16.9 Å². The number of hydrogen-bond donors (Lipinski definition) is 1. The van der Waals surface area contributed by atoms with Crippen LogP contribution in [-0.2, 0) is 9.59 Å². The summed E-state index contributed by atoms with van der Waals surface area (Å²) in [6.45, 7) is 3.58. The number of nitrogens with zero attached hydrogens (tertiary/aromatic N) is 4. The van der Waals surface area contributed by atoms with Crippen molar-refractivity contribution in [3.63, 3.8) is 0 Å². The van der Waals surface area contributed by atoms with Crippen LogP contribution in [0.3, 0.4) is 0 Å². The van der Waals surface area contributed by atoms with Crippen LogP contribution in [0, 0.1) is 24.0 Å². The van der Waals surface area contributed by atoms with Gasteiger partial charge in [-0.1, -0.05) is 6.07 Å². The van der Waals surface area contributed by atoms with Crippen LogP contribution in [0.25, 0.3) is 11.8 Å². The van der Waals surface area contributed by atoms with Crippen LogP contribution in [-0.4, -0.2) is 32.3 Å². The minimum Gasteiger partial charge on any atom is -0.318 e. The first kappa shape index (κ1) is 20.7. The molecular formula is C22H17N5O5. The second-order valence-corrected chi connectivity index (χ2v) is 7.11. The molecule has 4 rings (SSSR count). The summed E-state index contributed by atoms with van der Waals surface area (Å²) in [7, 11) is 0. The standard InChI is InChI=1S/C22H17N5O5/c1-13-9-15(14(2)25(13)16-5-3-6-17(11-16)27(31)32)10-19-20(28)24-22(30)26(21(19)29)18-7-4-8-23-12-18/h3-12H,1-2H3,(H,24,28,30)/b19-10+. The van der Waals surface area contributed by atoms with E-state index in [2.05, 4.69) is 10.3 Å². The summed E-state index contributed by atoms with van der Waals surface area (Å²) in [5.41, 5.74) is 2.52. The highest BCUT2D eigenvalue weighted by Gasteiger charge is 2.37. The topological polar surface area (TPSA) is 127 Å². The van der Waals surface area contributed by atoms with Gasteiger partial charge in [0.05, 0.1) is 22.5 Å². The number of pyridine rings is 1. The largest absolute Gasteiger partial charge is 0.336 e. The molecule has 0 atom stereocenters. The summed E-state index contributed by atoms with van der Waals surface area (Å²) in [6.07, 6.45) is 4.25. The molecule has 2 aromatic heterocycles. The average molecular weight is 431 g/mol. The number of carbonyl (C=O) groups is 3. The van der Waals surface area contributed by atoms with Gasteiger partial charge in [0.15, 0.2) is 0 Å². The molecule has 0 bridgehead atoms. The molecule has 3 aromatic rings. The van der Waals surface area contributed by atoms with E-state index in [1.807, 2.05) is 6.92 Å². The first-order valence-corrected chi connectivity index (χ1v) is 9.53. The number of nitrogens with one attached hydrogen (secondary N) is 1. The fourth-order valence-electron chi connectivity index (χ4n) is 3.61.